The van der Waals surface area contributed by atoms with Crippen LogP contribution in [0.4, 0.5) is 0 Å². The van der Waals surface area contributed by atoms with Crippen LogP contribution in [-0.4, -0.2) is 47.9 Å². The number of pyridine rings is 1. The summed E-state index contributed by atoms with van der Waals surface area (Å²) in [6.45, 7) is 9.55. The van der Waals surface area contributed by atoms with Crippen LogP contribution in [0.25, 0.3) is 5.57 Å². The molecule has 2 aliphatic carbocycles. The second-order valence-electron chi connectivity index (χ2n) is 22.0. The number of allylic oxidation sites excluding steroid dienone is 5. The van der Waals surface area contributed by atoms with Gasteiger partial charge in [-0.2, -0.15) is 0 Å². The third-order valence-corrected chi connectivity index (χ3v) is 15.6. The molecule has 0 spiro atoms. The van der Waals surface area contributed by atoms with Gasteiger partial charge in [0.25, 0.3) is 0 Å². The highest BCUT2D eigenvalue weighted by molar-refractivity contribution is 6.39. The highest BCUT2D eigenvalue weighted by Gasteiger charge is 2.34. The Morgan fingerprint density at radius 3 is 1.15 bits per heavy atom. The normalized spacial score (nSPS) is 14.6. The largest absolute Gasteiger partial charge is 0.871 e. The van der Waals surface area contributed by atoms with Crippen LogP contribution in [0.3, 0.4) is 0 Å². The summed E-state index contributed by atoms with van der Waals surface area (Å²) in [7, 11) is 1.65. The van der Waals surface area contributed by atoms with E-state index in [4.69, 9.17) is 9.47 Å². The Morgan fingerprint density at radius 2 is 0.819 bits per heavy atom. The minimum absolute atomic E-state index is 0.151. The molecule has 72 heavy (non-hydrogen) atoms. The summed E-state index contributed by atoms with van der Waals surface area (Å²) < 4.78 is 14.4. The Balaban J connectivity index is 1.45. The first-order valence-corrected chi connectivity index (χ1v) is 31.4. The van der Waals surface area contributed by atoms with E-state index in [-0.39, 0.29) is 22.7 Å². The quantitative estimate of drug-likeness (QED) is 0.0369. The van der Waals surface area contributed by atoms with Crippen molar-refractivity contribution in [3.63, 3.8) is 0 Å². The number of carbonyl (C=O) groups excluding carboxylic acids is 1. The minimum Gasteiger partial charge on any atom is -0.871 e. The van der Waals surface area contributed by atoms with E-state index in [1.54, 1.807) is 19.4 Å². The number of unbranched alkanes of at least 4 members (excludes halogenated alkanes) is 41. The summed E-state index contributed by atoms with van der Waals surface area (Å²) in [6.07, 6.45) is 67.3. The average Bonchev–Trinajstić information content (AvgIpc) is 3.39. The molecule has 0 unspecified atom stereocenters. The fourth-order valence-corrected chi connectivity index (χ4v) is 10.8. The molecule has 0 aromatic carbocycles. The van der Waals surface area contributed by atoms with Gasteiger partial charge in [-0.3, -0.25) is 9.78 Å². The molecule has 2 aliphatic rings. The zero-order valence-electron chi connectivity index (χ0n) is 47.7. The number of Topliss-reactive ketones (excluding diaryl/α,β-unsaturated/α-hetero) is 1. The van der Waals surface area contributed by atoms with Gasteiger partial charge in [-0.1, -0.05) is 277 Å². The Kier molecular flexibility index (Phi) is 38.7. The second-order valence-corrected chi connectivity index (χ2v) is 22.0. The average molecular weight is 998 g/mol. The summed E-state index contributed by atoms with van der Waals surface area (Å²) in [5.74, 6) is 0.735. The van der Waals surface area contributed by atoms with Crippen molar-refractivity contribution in [1.29, 1.82) is 0 Å². The lowest BCUT2D eigenvalue weighted by atomic mass is 9.81. The Hall–Kier alpha value is -3.15. The number of aromatic nitrogens is 1. The number of carbonyl (C=O) groups is 1. The first kappa shape index (κ1) is 63.1. The minimum atomic E-state index is -0.262. The number of ether oxygens (including phenoxy) is 2. The lowest BCUT2D eigenvalue weighted by molar-refractivity contribution is -0.527. The van der Waals surface area contributed by atoms with E-state index in [0.717, 1.165) is 25.2 Å². The van der Waals surface area contributed by atoms with Crippen LogP contribution in [0.2, 0.25) is 0 Å². The van der Waals surface area contributed by atoms with Crippen molar-refractivity contribution in [1.82, 2.24) is 4.98 Å². The summed E-state index contributed by atoms with van der Waals surface area (Å²) in [4.78, 5) is 18.2. The molecule has 1 aromatic heterocycles. The molecule has 3 rings (SSSR count). The van der Waals surface area contributed by atoms with E-state index >= 15 is 0 Å². The Labute approximate surface area is 444 Å². The molecular formula is C66H112N2O4. The van der Waals surface area contributed by atoms with E-state index in [1.165, 1.54) is 276 Å². The molecule has 1 aromatic rings. The Morgan fingerprint density at radius 1 is 0.458 bits per heavy atom. The molecule has 6 nitrogen and oxygen atoms in total. The van der Waals surface area contributed by atoms with Crippen molar-refractivity contribution in [2.45, 2.75) is 303 Å². The van der Waals surface area contributed by atoms with Gasteiger partial charge in [0.15, 0.2) is 5.78 Å². The van der Waals surface area contributed by atoms with Crippen molar-refractivity contribution in [3.8, 4) is 5.75 Å². The van der Waals surface area contributed by atoms with Crippen LogP contribution >= 0.6 is 0 Å². The third kappa shape index (κ3) is 28.5. The molecule has 0 saturated heterocycles. The predicted octanol–water partition coefficient (Wildman–Crippen LogP) is 19.2. The first-order valence-electron chi connectivity index (χ1n) is 31.4. The van der Waals surface area contributed by atoms with Crippen LogP contribution in [-0.2, 0) is 9.53 Å². The van der Waals surface area contributed by atoms with Gasteiger partial charge in [-0.25, -0.2) is 4.58 Å². The van der Waals surface area contributed by atoms with Gasteiger partial charge in [0, 0.05) is 35.6 Å². The molecule has 0 radical (unpaired) electrons. The molecule has 0 fully saturated rings. The standard InChI is InChI=1S/C66H112N2O4/c1-5-8-11-14-17-20-23-26-29-30-33-36-39-42-45-48-55-72-59-50-52-61(67-57-59)64-65(69)63(66(64)70)60-51-49-58(56-62(60)71-4)68(53-46-43-40-37-34-31-27-24-21-18-15-12-9-6-2)54-47-44-41-38-35-32-28-25-22-19-16-13-10-7-3/h49-52,56-57H,5-48,53-55H2,1-4H3. The fourth-order valence-electron chi connectivity index (χ4n) is 10.8. The van der Waals surface area contributed by atoms with Gasteiger partial charge in [-0.15, -0.1) is 0 Å². The van der Waals surface area contributed by atoms with Crippen LogP contribution < -0.4 is 9.84 Å². The molecule has 1 heterocycles. The van der Waals surface area contributed by atoms with Gasteiger partial charge >= 0.3 is 0 Å². The maximum atomic E-state index is 13.7. The lowest BCUT2D eigenvalue weighted by Gasteiger charge is -2.32. The smallest absolute Gasteiger partial charge is 0.203 e. The van der Waals surface area contributed by atoms with Crippen LogP contribution in [0.5, 0.6) is 5.75 Å². The van der Waals surface area contributed by atoms with Crippen molar-refractivity contribution >= 4 is 17.1 Å². The second kappa shape index (κ2) is 44.2. The monoisotopic (exact) mass is 997 g/mol. The SMILES string of the molecule is CCCCCCCCCCCCCCCCCCOc1ccc(C2=C([O-])/C(=C3/C=CC(=[N+](CCCCCCCCCCCCCCCC)CCCCCCCCCCCCCCCC)C=C3OC)C2=O)nc1. The molecule has 0 bridgehead atoms. The first-order chi connectivity index (χ1) is 35.5. The summed E-state index contributed by atoms with van der Waals surface area (Å²) in [5, 5.41) is 13.7. The molecule has 0 amide bonds. The number of methoxy groups -OCH3 is 1. The van der Waals surface area contributed by atoms with Gasteiger partial charge in [0.05, 0.1) is 31.7 Å². The van der Waals surface area contributed by atoms with Crippen LogP contribution in [0.15, 0.2) is 59.2 Å². The molecule has 6 heteroatoms. The lowest BCUT2D eigenvalue weighted by Crippen LogP contribution is -2.31. The molecule has 0 N–H and O–H groups in total. The van der Waals surface area contributed by atoms with E-state index in [0.29, 0.717) is 29.4 Å². The number of rotatable bonds is 50. The molecule has 0 saturated carbocycles. The Bertz CT molecular complexity index is 1630. The summed E-state index contributed by atoms with van der Waals surface area (Å²) in [5.41, 5.74) is 2.45. The van der Waals surface area contributed by atoms with Crippen LogP contribution in [0, 0.1) is 0 Å². The van der Waals surface area contributed by atoms with Crippen molar-refractivity contribution in [3.05, 3.63) is 64.9 Å². The van der Waals surface area contributed by atoms with E-state index < -0.39 is 0 Å². The van der Waals surface area contributed by atoms with Crippen LogP contribution in [0.1, 0.15) is 309 Å². The molecule has 0 atom stereocenters. The van der Waals surface area contributed by atoms with Crippen molar-refractivity contribution in [2.24, 2.45) is 0 Å². The zero-order valence-corrected chi connectivity index (χ0v) is 47.7. The zero-order chi connectivity index (χ0) is 51.4. The molecule has 410 valence electrons. The van der Waals surface area contributed by atoms with Gasteiger partial charge in [0.1, 0.15) is 24.6 Å². The number of nitrogens with zero attached hydrogens (tertiary/aromatic N) is 2. The van der Waals surface area contributed by atoms with E-state index in [9.17, 15) is 9.90 Å². The van der Waals surface area contributed by atoms with Crippen molar-refractivity contribution < 1.29 is 24.0 Å². The fraction of sp³-hybridized carbons (Fsp3) is 0.773. The highest BCUT2D eigenvalue weighted by Crippen LogP contribution is 2.39. The van der Waals surface area contributed by atoms with Gasteiger partial charge in [0.2, 0.25) is 5.71 Å². The number of hydrogen-bond donors (Lipinski definition) is 0. The molecule has 0 aliphatic heterocycles. The summed E-state index contributed by atoms with van der Waals surface area (Å²) in [6, 6.07) is 3.58. The number of hydrogen-bond acceptors (Lipinski definition) is 5. The summed E-state index contributed by atoms with van der Waals surface area (Å²) >= 11 is 0. The third-order valence-electron chi connectivity index (χ3n) is 15.6. The van der Waals surface area contributed by atoms with Gasteiger partial charge in [-0.05, 0) is 37.5 Å². The predicted molar refractivity (Wildman–Crippen MR) is 308 cm³/mol. The topological polar surface area (TPSA) is 74.5 Å². The van der Waals surface area contributed by atoms with Crippen molar-refractivity contribution in [2.75, 3.05) is 26.8 Å². The number of ketones is 1. The van der Waals surface area contributed by atoms with Gasteiger partial charge < -0.3 is 14.6 Å². The molecular weight excluding hydrogens is 885 g/mol. The van der Waals surface area contributed by atoms with E-state index in [2.05, 4.69) is 42.5 Å². The maximum Gasteiger partial charge on any atom is 0.203 e. The maximum absolute atomic E-state index is 13.7. The highest BCUT2D eigenvalue weighted by atomic mass is 16.5. The van der Waals surface area contributed by atoms with E-state index in [1.807, 2.05) is 12.1 Å².